The zero-order valence-electron chi connectivity index (χ0n) is 12.2. The summed E-state index contributed by atoms with van der Waals surface area (Å²) in [5.74, 6) is 0.924. The van der Waals surface area contributed by atoms with Gasteiger partial charge in [0.1, 0.15) is 0 Å². The third-order valence-electron chi connectivity index (χ3n) is 4.82. The predicted molar refractivity (Wildman–Crippen MR) is 88.5 cm³/mol. The molecule has 0 aromatic heterocycles. The molecule has 0 radical (unpaired) electrons. The van der Waals surface area contributed by atoms with E-state index in [2.05, 4.69) is 43.3 Å². The van der Waals surface area contributed by atoms with Gasteiger partial charge in [-0.3, -0.25) is 0 Å². The van der Waals surface area contributed by atoms with Gasteiger partial charge in [0.15, 0.2) is 0 Å². The number of benzene rings is 2. The van der Waals surface area contributed by atoms with E-state index < -0.39 is 0 Å². The van der Waals surface area contributed by atoms with Gasteiger partial charge in [-0.2, -0.15) is 0 Å². The molecule has 0 bridgehead atoms. The quantitative estimate of drug-likeness (QED) is 0.571. The van der Waals surface area contributed by atoms with Crippen molar-refractivity contribution in [3.8, 4) is 0 Å². The highest BCUT2D eigenvalue weighted by atomic mass is 35.5. The second kappa shape index (κ2) is 6.18. The normalized spacial score (nSPS) is 17.7. The Morgan fingerprint density at radius 1 is 1.05 bits per heavy atom. The minimum Gasteiger partial charge on any atom is -0.118 e. The first-order chi connectivity index (χ1) is 9.75. The number of halogens is 1. The molecule has 20 heavy (non-hydrogen) atoms. The minimum atomic E-state index is 0.154. The first kappa shape index (κ1) is 13.9. The van der Waals surface area contributed by atoms with E-state index in [1.165, 1.54) is 54.0 Å². The van der Waals surface area contributed by atoms with Gasteiger partial charge < -0.3 is 0 Å². The van der Waals surface area contributed by atoms with Gasteiger partial charge in [-0.05, 0) is 47.6 Å². The molecule has 1 aliphatic carbocycles. The van der Waals surface area contributed by atoms with E-state index in [9.17, 15) is 0 Å². The van der Waals surface area contributed by atoms with Crippen LogP contribution < -0.4 is 0 Å². The molecule has 0 nitrogen and oxygen atoms in total. The molecule has 3 rings (SSSR count). The number of hydrogen-bond acceptors (Lipinski definition) is 0. The topological polar surface area (TPSA) is 0 Å². The second-order valence-corrected chi connectivity index (χ2v) is 6.74. The Morgan fingerprint density at radius 3 is 2.50 bits per heavy atom. The second-order valence-electron chi connectivity index (χ2n) is 6.21. The van der Waals surface area contributed by atoms with Crippen molar-refractivity contribution in [1.82, 2.24) is 0 Å². The summed E-state index contributed by atoms with van der Waals surface area (Å²) in [6, 6.07) is 13.1. The predicted octanol–water partition coefficient (Wildman–Crippen LogP) is 6.40. The summed E-state index contributed by atoms with van der Waals surface area (Å²) in [6.45, 7) is 2.17. The summed E-state index contributed by atoms with van der Waals surface area (Å²) in [7, 11) is 0. The lowest BCUT2D eigenvalue weighted by atomic mass is 9.94. The highest BCUT2D eigenvalue weighted by Gasteiger charge is 2.18. The molecule has 0 amide bonds. The van der Waals surface area contributed by atoms with Crippen molar-refractivity contribution in [2.45, 2.75) is 50.8 Å². The average Bonchev–Trinajstić information content (AvgIpc) is 2.99. The van der Waals surface area contributed by atoms with Gasteiger partial charge in [-0.1, -0.05) is 62.1 Å². The van der Waals surface area contributed by atoms with Crippen LogP contribution in [0.25, 0.3) is 10.8 Å². The van der Waals surface area contributed by atoms with Crippen molar-refractivity contribution < 1.29 is 0 Å². The summed E-state index contributed by atoms with van der Waals surface area (Å²) >= 11 is 6.72. The van der Waals surface area contributed by atoms with E-state index in [1.54, 1.807) is 0 Å². The van der Waals surface area contributed by atoms with E-state index in [4.69, 9.17) is 11.6 Å². The monoisotopic (exact) mass is 286 g/mol. The zero-order valence-corrected chi connectivity index (χ0v) is 13.0. The average molecular weight is 287 g/mol. The number of hydrogen-bond donors (Lipinski definition) is 0. The SMILES string of the molecule is Cc1ccc(C(Cl)CCC2CCCC2)c2ccccc12. The van der Waals surface area contributed by atoms with Crippen molar-refractivity contribution >= 4 is 22.4 Å². The molecule has 1 atom stereocenters. The van der Waals surface area contributed by atoms with Gasteiger partial charge in [0, 0.05) is 0 Å². The largest absolute Gasteiger partial charge is 0.118 e. The van der Waals surface area contributed by atoms with Crippen molar-refractivity contribution in [2.24, 2.45) is 5.92 Å². The van der Waals surface area contributed by atoms with Crippen molar-refractivity contribution in [1.29, 1.82) is 0 Å². The molecule has 0 saturated heterocycles. The van der Waals surface area contributed by atoms with Gasteiger partial charge in [0.25, 0.3) is 0 Å². The highest BCUT2D eigenvalue weighted by molar-refractivity contribution is 6.21. The summed E-state index contributed by atoms with van der Waals surface area (Å²) in [6.07, 6.45) is 8.07. The minimum absolute atomic E-state index is 0.154. The first-order valence-corrected chi connectivity index (χ1v) is 8.31. The van der Waals surface area contributed by atoms with E-state index in [-0.39, 0.29) is 5.38 Å². The molecule has 1 aliphatic rings. The standard InChI is InChI=1S/C19H23Cl/c1-14-10-12-18(17-9-5-4-8-16(14)17)19(20)13-11-15-6-2-3-7-15/h4-5,8-10,12,15,19H,2-3,6-7,11,13H2,1H3. The van der Waals surface area contributed by atoms with Crippen molar-refractivity contribution in [3.05, 3.63) is 47.5 Å². The van der Waals surface area contributed by atoms with Gasteiger partial charge in [-0.25, -0.2) is 0 Å². The molecule has 0 N–H and O–H groups in total. The van der Waals surface area contributed by atoms with Crippen LogP contribution in [0, 0.1) is 12.8 Å². The summed E-state index contributed by atoms with van der Waals surface area (Å²) in [5, 5.41) is 2.83. The molecule has 1 fully saturated rings. The Morgan fingerprint density at radius 2 is 1.75 bits per heavy atom. The Balaban J connectivity index is 1.80. The highest BCUT2D eigenvalue weighted by Crippen LogP contribution is 2.36. The van der Waals surface area contributed by atoms with Crippen LogP contribution in [0.2, 0.25) is 0 Å². The van der Waals surface area contributed by atoms with Crippen LogP contribution in [0.5, 0.6) is 0 Å². The lowest BCUT2D eigenvalue weighted by molar-refractivity contribution is 0.480. The molecule has 0 spiro atoms. The lowest BCUT2D eigenvalue weighted by Crippen LogP contribution is -1.98. The van der Waals surface area contributed by atoms with E-state index in [0.29, 0.717) is 0 Å². The fourth-order valence-corrected chi connectivity index (χ4v) is 3.90. The van der Waals surface area contributed by atoms with Crippen LogP contribution in [0.4, 0.5) is 0 Å². The van der Waals surface area contributed by atoms with Gasteiger partial charge in [-0.15, -0.1) is 11.6 Å². The smallest absolute Gasteiger partial charge is 0.0591 e. The Kier molecular flexibility index (Phi) is 4.31. The summed E-state index contributed by atoms with van der Waals surface area (Å²) in [5.41, 5.74) is 2.65. The number of fused-ring (bicyclic) bond motifs is 1. The summed E-state index contributed by atoms with van der Waals surface area (Å²) in [4.78, 5) is 0. The lowest BCUT2D eigenvalue weighted by Gasteiger charge is -2.16. The van der Waals surface area contributed by atoms with Gasteiger partial charge >= 0.3 is 0 Å². The molecule has 2 aromatic rings. The molecule has 0 heterocycles. The molecule has 106 valence electrons. The fourth-order valence-electron chi connectivity index (χ4n) is 3.58. The number of rotatable bonds is 4. The third kappa shape index (κ3) is 2.86. The van der Waals surface area contributed by atoms with Crippen LogP contribution in [-0.2, 0) is 0 Å². The molecule has 0 aliphatic heterocycles. The molecule has 2 aromatic carbocycles. The Hall–Kier alpha value is -1.01. The Labute approximate surface area is 127 Å². The van der Waals surface area contributed by atoms with E-state index in [0.717, 1.165) is 12.3 Å². The van der Waals surface area contributed by atoms with Crippen LogP contribution in [0.1, 0.15) is 55.0 Å². The maximum atomic E-state index is 6.72. The zero-order chi connectivity index (χ0) is 13.9. The molecule has 1 heteroatoms. The number of alkyl halides is 1. The van der Waals surface area contributed by atoms with Crippen LogP contribution in [0.15, 0.2) is 36.4 Å². The van der Waals surface area contributed by atoms with Crippen LogP contribution in [0.3, 0.4) is 0 Å². The fraction of sp³-hybridized carbons (Fsp3) is 0.474. The number of aryl methyl sites for hydroxylation is 1. The van der Waals surface area contributed by atoms with Crippen molar-refractivity contribution in [2.75, 3.05) is 0 Å². The molecular weight excluding hydrogens is 264 g/mol. The third-order valence-corrected chi connectivity index (χ3v) is 5.27. The Bertz CT molecular complexity index is 581. The van der Waals surface area contributed by atoms with Crippen LogP contribution >= 0.6 is 11.6 Å². The molecular formula is C19H23Cl. The van der Waals surface area contributed by atoms with Gasteiger partial charge in [0.2, 0.25) is 0 Å². The van der Waals surface area contributed by atoms with E-state index in [1.807, 2.05) is 0 Å². The maximum Gasteiger partial charge on any atom is 0.0591 e. The maximum absolute atomic E-state index is 6.72. The summed E-state index contributed by atoms with van der Waals surface area (Å²) < 4.78 is 0. The molecule has 1 unspecified atom stereocenters. The van der Waals surface area contributed by atoms with Crippen LogP contribution in [-0.4, -0.2) is 0 Å². The van der Waals surface area contributed by atoms with E-state index >= 15 is 0 Å². The van der Waals surface area contributed by atoms with Crippen molar-refractivity contribution in [3.63, 3.8) is 0 Å². The van der Waals surface area contributed by atoms with Gasteiger partial charge in [0.05, 0.1) is 5.38 Å². The molecule has 1 saturated carbocycles. The first-order valence-electron chi connectivity index (χ1n) is 7.88.